The van der Waals surface area contributed by atoms with Gasteiger partial charge >= 0.3 is 0 Å². The number of carbonyl (C=O) groups is 1. The third kappa shape index (κ3) is 3.87. The number of aliphatic hydroxyl groups excluding tert-OH is 1. The predicted molar refractivity (Wildman–Crippen MR) is 124 cm³/mol. The summed E-state index contributed by atoms with van der Waals surface area (Å²) in [5.74, 6) is 3.60. The Morgan fingerprint density at radius 3 is 2.71 bits per heavy atom. The second kappa shape index (κ2) is 8.95. The quantitative estimate of drug-likeness (QED) is 0.621. The van der Waals surface area contributed by atoms with Crippen LogP contribution in [0.3, 0.4) is 0 Å². The minimum atomic E-state index is -0.0709. The number of rotatable bonds is 4. The van der Waals surface area contributed by atoms with Gasteiger partial charge in [0.1, 0.15) is 11.9 Å². The van der Waals surface area contributed by atoms with E-state index in [0.29, 0.717) is 34.9 Å². The molecule has 1 saturated heterocycles. The molecule has 0 aromatic carbocycles. The number of oxime groups is 1. The van der Waals surface area contributed by atoms with E-state index in [2.05, 4.69) is 24.3 Å². The van der Waals surface area contributed by atoms with Gasteiger partial charge in [0.05, 0.1) is 5.71 Å². The second-order valence-electron chi connectivity index (χ2n) is 11.5. The summed E-state index contributed by atoms with van der Waals surface area (Å²) in [7, 11) is 0. The van der Waals surface area contributed by atoms with Crippen LogP contribution < -0.4 is 5.32 Å². The number of nitrogens with one attached hydrogen (secondary N) is 1. The van der Waals surface area contributed by atoms with Crippen LogP contribution in [0.4, 0.5) is 0 Å². The maximum absolute atomic E-state index is 12.7. The average Bonchev–Trinajstić information content (AvgIpc) is 3.35. The third-order valence-corrected chi connectivity index (χ3v) is 10.2. The highest BCUT2D eigenvalue weighted by molar-refractivity contribution is 5.87. The summed E-state index contributed by atoms with van der Waals surface area (Å²) in [6.45, 7) is 7.01. The fourth-order valence-corrected chi connectivity index (χ4v) is 8.51. The Hall–Kier alpha value is -0.650. The van der Waals surface area contributed by atoms with E-state index < -0.39 is 0 Å². The maximum atomic E-state index is 12.7. The largest absolute Gasteiger partial charge is 0.396 e. The Kier molecular flexibility index (Phi) is 6.78. The van der Waals surface area contributed by atoms with Crippen molar-refractivity contribution < 1.29 is 14.7 Å². The van der Waals surface area contributed by atoms with E-state index in [1.54, 1.807) is 0 Å². The monoisotopic (exact) mass is 452 g/mol. The molecule has 0 aromatic heterocycles. The molecule has 0 amide bonds. The van der Waals surface area contributed by atoms with Crippen LogP contribution in [0, 0.1) is 40.4 Å². The summed E-state index contributed by atoms with van der Waals surface area (Å²) in [6.07, 6.45) is 10.8. The molecule has 0 spiro atoms. The molecule has 0 radical (unpaired) electrons. The van der Waals surface area contributed by atoms with Gasteiger partial charge in [0, 0.05) is 31.4 Å². The van der Waals surface area contributed by atoms with Crippen LogP contribution in [0.1, 0.15) is 78.1 Å². The van der Waals surface area contributed by atoms with Crippen LogP contribution >= 0.6 is 12.4 Å². The molecule has 5 nitrogen and oxygen atoms in total. The molecule has 0 bridgehead atoms. The third-order valence-electron chi connectivity index (χ3n) is 10.2. The van der Waals surface area contributed by atoms with Crippen molar-refractivity contribution in [2.75, 3.05) is 19.7 Å². The fraction of sp³-hybridized carbons (Fsp3) is 0.920. The van der Waals surface area contributed by atoms with Gasteiger partial charge in [-0.2, -0.15) is 0 Å². The number of ketones is 1. The first-order valence-electron chi connectivity index (χ1n) is 12.5. The zero-order valence-electron chi connectivity index (χ0n) is 19.3. The number of carbonyl (C=O) groups excluding carboxylic acids is 1. The van der Waals surface area contributed by atoms with E-state index in [4.69, 9.17) is 4.84 Å². The molecule has 4 saturated carbocycles. The van der Waals surface area contributed by atoms with E-state index in [0.717, 1.165) is 64.0 Å². The number of hydrogen-bond donors (Lipinski definition) is 2. The first kappa shape index (κ1) is 23.5. The van der Waals surface area contributed by atoms with E-state index >= 15 is 0 Å². The molecule has 0 aromatic rings. The Labute approximate surface area is 193 Å². The van der Waals surface area contributed by atoms with Crippen molar-refractivity contribution in [2.24, 2.45) is 45.6 Å². The highest BCUT2D eigenvalue weighted by atomic mass is 35.5. The number of hydrogen-bond acceptors (Lipinski definition) is 5. The van der Waals surface area contributed by atoms with E-state index in [1.807, 2.05) is 0 Å². The van der Waals surface area contributed by atoms with Gasteiger partial charge < -0.3 is 15.3 Å². The van der Waals surface area contributed by atoms with Crippen LogP contribution in [0.25, 0.3) is 0 Å². The van der Waals surface area contributed by atoms with Gasteiger partial charge in [-0.1, -0.05) is 19.0 Å². The molecule has 176 valence electrons. The van der Waals surface area contributed by atoms with Crippen molar-refractivity contribution in [3.8, 4) is 0 Å². The molecule has 6 heteroatoms. The summed E-state index contributed by atoms with van der Waals surface area (Å²) in [4.78, 5) is 18.6. The SMILES string of the molecule is C[C@]12CC/C(=N\O[C@@H]3CCNC3)C[C@@H]1[C@@H](CCO)C[C@@H]1[C@@H]2CC[C@]2(C)C(=O)CC[C@@H]12.Cl. The van der Waals surface area contributed by atoms with Gasteiger partial charge in [-0.3, -0.25) is 4.79 Å². The number of fused-ring (bicyclic) bond motifs is 5. The zero-order valence-corrected chi connectivity index (χ0v) is 20.1. The van der Waals surface area contributed by atoms with Crippen LogP contribution in [0.2, 0.25) is 0 Å². The molecule has 0 unspecified atom stereocenters. The van der Waals surface area contributed by atoms with Crippen molar-refractivity contribution in [1.82, 2.24) is 5.32 Å². The molecular weight excluding hydrogens is 412 g/mol. The standard InChI is InChI=1S/C25H40N2O3.ClH/c1-24-9-5-17(27-30-18-7-11-26-15-18)14-22(24)16(8-12-28)13-19-20-3-4-23(29)25(20,2)10-6-21(19)24;/h16,18-22,26,28H,3-15H2,1-2H3;1H/b27-17+;/t16-,18+,19-,20-,21-,22+,24+,25-;/m0./s1. The highest BCUT2D eigenvalue weighted by Gasteiger charge is 2.61. The molecule has 8 atom stereocenters. The predicted octanol–water partition coefficient (Wildman–Crippen LogP) is 4.36. The molecule has 5 aliphatic rings. The van der Waals surface area contributed by atoms with Gasteiger partial charge in [0.25, 0.3) is 0 Å². The smallest absolute Gasteiger partial charge is 0.141 e. The molecular formula is C25H41ClN2O3. The Morgan fingerprint density at radius 1 is 1.13 bits per heavy atom. The Balaban J connectivity index is 0.00000231. The van der Waals surface area contributed by atoms with E-state index in [9.17, 15) is 9.90 Å². The van der Waals surface area contributed by atoms with Crippen molar-refractivity contribution >= 4 is 23.9 Å². The van der Waals surface area contributed by atoms with Crippen LogP contribution in [-0.2, 0) is 9.63 Å². The molecule has 31 heavy (non-hydrogen) atoms. The summed E-state index contributed by atoms with van der Waals surface area (Å²) in [5, 5.41) is 17.8. The molecule has 5 fully saturated rings. The minimum Gasteiger partial charge on any atom is -0.396 e. The molecule has 1 aliphatic heterocycles. The van der Waals surface area contributed by atoms with Crippen LogP contribution in [0.15, 0.2) is 5.16 Å². The maximum Gasteiger partial charge on any atom is 0.141 e. The lowest BCUT2D eigenvalue weighted by Gasteiger charge is -2.62. The lowest BCUT2D eigenvalue weighted by Crippen LogP contribution is -2.56. The summed E-state index contributed by atoms with van der Waals surface area (Å²) >= 11 is 0. The van der Waals surface area contributed by atoms with E-state index in [-0.39, 0.29) is 30.5 Å². The summed E-state index contributed by atoms with van der Waals surface area (Å²) in [6, 6.07) is 0. The number of nitrogens with zero attached hydrogens (tertiary/aromatic N) is 1. The fourth-order valence-electron chi connectivity index (χ4n) is 8.51. The topological polar surface area (TPSA) is 70.9 Å². The summed E-state index contributed by atoms with van der Waals surface area (Å²) in [5.41, 5.74) is 1.48. The Morgan fingerprint density at radius 2 is 1.97 bits per heavy atom. The average molecular weight is 453 g/mol. The molecule has 2 N–H and O–H groups in total. The first-order valence-corrected chi connectivity index (χ1v) is 12.5. The second-order valence-corrected chi connectivity index (χ2v) is 11.5. The molecule has 5 rings (SSSR count). The van der Waals surface area contributed by atoms with Crippen molar-refractivity contribution in [2.45, 2.75) is 84.2 Å². The lowest BCUT2D eigenvalue weighted by molar-refractivity contribution is -0.143. The highest BCUT2D eigenvalue weighted by Crippen LogP contribution is 2.66. The normalized spacial score (nSPS) is 48.0. The van der Waals surface area contributed by atoms with Crippen LogP contribution in [0.5, 0.6) is 0 Å². The lowest BCUT2D eigenvalue weighted by atomic mass is 9.43. The van der Waals surface area contributed by atoms with Crippen LogP contribution in [-0.4, -0.2) is 42.4 Å². The molecule has 1 heterocycles. The summed E-state index contributed by atoms with van der Waals surface area (Å²) < 4.78 is 0. The minimum absolute atomic E-state index is 0. The van der Waals surface area contributed by atoms with Gasteiger partial charge in [0.2, 0.25) is 0 Å². The number of aliphatic hydroxyl groups is 1. The van der Waals surface area contributed by atoms with Gasteiger partial charge in [-0.05, 0) is 92.9 Å². The van der Waals surface area contributed by atoms with Crippen molar-refractivity contribution in [3.63, 3.8) is 0 Å². The van der Waals surface area contributed by atoms with Gasteiger partial charge in [-0.25, -0.2) is 0 Å². The zero-order chi connectivity index (χ0) is 20.9. The number of Topliss-reactive ketones (excluding diaryl/α,β-unsaturated/α-hetero) is 1. The van der Waals surface area contributed by atoms with E-state index in [1.165, 1.54) is 25.0 Å². The van der Waals surface area contributed by atoms with Crippen molar-refractivity contribution in [3.05, 3.63) is 0 Å². The van der Waals surface area contributed by atoms with Gasteiger partial charge in [0.15, 0.2) is 0 Å². The number of halogens is 1. The van der Waals surface area contributed by atoms with Crippen molar-refractivity contribution in [1.29, 1.82) is 0 Å². The molecule has 4 aliphatic carbocycles. The first-order chi connectivity index (χ1) is 14.5. The Bertz CT molecular complexity index is 709. The van der Waals surface area contributed by atoms with Gasteiger partial charge in [-0.15, -0.1) is 12.4 Å².